The van der Waals surface area contributed by atoms with Gasteiger partial charge in [0.25, 0.3) is 0 Å². The van der Waals surface area contributed by atoms with Crippen molar-refractivity contribution < 1.29 is 20.8 Å². The molecule has 0 spiro atoms. The first kappa shape index (κ1) is 22.6. The van der Waals surface area contributed by atoms with E-state index in [4.69, 9.17) is 17.0 Å². The summed E-state index contributed by atoms with van der Waals surface area (Å²) < 4.78 is 0. The third kappa shape index (κ3) is 4.84. The van der Waals surface area contributed by atoms with E-state index in [2.05, 4.69) is 83.8 Å². The van der Waals surface area contributed by atoms with Crippen molar-refractivity contribution in [3.05, 3.63) is 52.9 Å². The summed E-state index contributed by atoms with van der Waals surface area (Å²) in [7, 11) is 7.27. The van der Waals surface area contributed by atoms with Crippen LogP contribution in [0, 0.1) is 20.3 Å². The monoisotopic (exact) mass is 497 g/mol. The molecule has 1 aliphatic carbocycles. The van der Waals surface area contributed by atoms with Gasteiger partial charge < -0.3 is 0 Å². The van der Waals surface area contributed by atoms with Crippen LogP contribution in [0.15, 0.2) is 24.3 Å². The number of halogens is 2. The molecular weight excluding hydrogens is 471 g/mol. The first-order chi connectivity index (χ1) is 11.9. The molecule has 139 valence electrons. The molecule has 1 radical (unpaired) electrons. The second-order valence-electron chi connectivity index (χ2n) is 9.22. The van der Waals surface area contributed by atoms with Crippen molar-refractivity contribution in [1.29, 1.82) is 0 Å². The Hall–Kier alpha value is 0.337. The van der Waals surface area contributed by atoms with Crippen molar-refractivity contribution in [3.8, 4) is 11.1 Å². The standard InChI is InChI=1S/C21H29Si2.2ClH.Zr/c1-14-9-16(22(3,4)5)11-20-18(14)13-19-15(2)10-17(12-21(19)20)23(6,7)8;;;/h9-13H,1-8H3;2*1H;/q;;;+2/p-2. The van der Waals surface area contributed by atoms with E-state index in [1.165, 1.54) is 33.4 Å². The third-order valence-corrected chi connectivity index (χ3v) is 9.13. The van der Waals surface area contributed by atoms with Crippen molar-refractivity contribution in [2.45, 2.75) is 53.1 Å². The molecule has 2 aromatic carbocycles. The predicted octanol–water partition coefficient (Wildman–Crippen LogP) is 6.35. The Morgan fingerprint density at radius 3 is 1.23 bits per heavy atom. The van der Waals surface area contributed by atoms with Gasteiger partial charge >= 0.3 is 37.9 Å². The molecule has 0 N–H and O–H groups in total. The molecule has 0 nitrogen and oxygen atoms in total. The van der Waals surface area contributed by atoms with Gasteiger partial charge in [0.2, 0.25) is 0 Å². The van der Waals surface area contributed by atoms with Gasteiger partial charge in [-0.25, -0.2) is 0 Å². The molecule has 0 unspecified atom stereocenters. The first-order valence-electron chi connectivity index (χ1n) is 9.01. The van der Waals surface area contributed by atoms with Crippen molar-refractivity contribution in [3.63, 3.8) is 0 Å². The average Bonchev–Trinajstić information content (AvgIpc) is 2.86. The van der Waals surface area contributed by atoms with Crippen LogP contribution in [0.3, 0.4) is 0 Å². The van der Waals surface area contributed by atoms with E-state index < -0.39 is 37.0 Å². The van der Waals surface area contributed by atoms with Crippen LogP contribution < -0.4 is 10.4 Å². The summed E-state index contributed by atoms with van der Waals surface area (Å²) in [6.07, 6.45) is 2.41. The zero-order chi connectivity index (χ0) is 19.9. The SMILES string of the molecule is Cc1cc([Si](C)(C)C)cc2c1[CH]c1c(C)cc([Si](C)(C)C)cc1-2.[Cl][Zr][Cl]. The van der Waals surface area contributed by atoms with Crippen LogP contribution in [0.2, 0.25) is 39.3 Å². The molecule has 5 heteroatoms. The summed E-state index contributed by atoms with van der Waals surface area (Å²) in [4.78, 5) is 0. The minimum absolute atomic E-state index is 0.826. The third-order valence-electron chi connectivity index (χ3n) is 5.08. The Balaban J connectivity index is 0.000000758. The second kappa shape index (κ2) is 8.37. The Morgan fingerprint density at radius 1 is 0.654 bits per heavy atom. The number of aryl methyl sites for hydroxylation is 2. The molecule has 2 aromatic rings. The van der Waals surface area contributed by atoms with Gasteiger partial charge in [0.15, 0.2) is 0 Å². The summed E-state index contributed by atoms with van der Waals surface area (Å²) in [5.74, 6) is 0. The fraction of sp³-hybridized carbons (Fsp3) is 0.381. The van der Waals surface area contributed by atoms with E-state index >= 15 is 0 Å². The van der Waals surface area contributed by atoms with Crippen LogP contribution in [-0.2, 0) is 20.8 Å². The van der Waals surface area contributed by atoms with Crippen LogP contribution in [-0.4, -0.2) is 16.1 Å². The molecule has 0 saturated carbocycles. The maximum absolute atomic E-state index is 4.93. The average molecular weight is 500 g/mol. The van der Waals surface area contributed by atoms with Crippen molar-refractivity contribution in [1.82, 2.24) is 0 Å². The maximum atomic E-state index is 4.93. The van der Waals surface area contributed by atoms with Gasteiger partial charge in [-0.2, -0.15) is 0 Å². The summed E-state index contributed by atoms with van der Waals surface area (Å²) in [6.45, 7) is 19.2. The van der Waals surface area contributed by atoms with Gasteiger partial charge in [0.1, 0.15) is 0 Å². The molecule has 0 fully saturated rings. The van der Waals surface area contributed by atoms with Crippen molar-refractivity contribution >= 4 is 43.5 Å². The Labute approximate surface area is 180 Å². The number of rotatable bonds is 2. The summed E-state index contributed by atoms with van der Waals surface area (Å²) >= 11 is -0.826. The van der Waals surface area contributed by atoms with Crippen LogP contribution in [0.1, 0.15) is 22.3 Å². The zero-order valence-electron chi connectivity index (χ0n) is 17.1. The molecule has 0 heterocycles. The molecule has 0 aromatic heterocycles. The Morgan fingerprint density at radius 2 is 0.962 bits per heavy atom. The number of benzene rings is 2. The molecule has 0 aliphatic heterocycles. The predicted molar refractivity (Wildman–Crippen MR) is 122 cm³/mol. The molecule has 1 aliphatic rings. The van der Waals surface area contributed by atoms with Crippen LogP contribution in [0.25, 0.3) is 11.1 Å². The zero-order valence-corrected chi connectivity index (χ0v) is 23.1. The number of fused-ring (bicyclic) bond motifs is 3. The summed E-state index contributed by atoms with van der Waals surface area (Å²) in [5.41, 5.74) is 8.70. The second-order valence-corrected chi connectivity index (χ2v) is 23.1. The fourth-order valence-corrected chi connectivity index (χ4v) is 5.89. The first-order valence-corrected chi connectivity index (χ1v) is 22.3. The molecule has 0 bridgehead atoms. The van der Waals surface area contributed by atoms with E-state index in [1.54, 1.807) is 10.4 Å². The Kier molecular flexibility index (Phi) is 7.29. The van der Waals surface area contributed by atoms with Gasteiger partial charge in [-0.15, -0.1) is 0 Å². The van der Waals surface area contributed by atoms with Gasteiger partial charge in [-0.1, -0.05) is 73.9 Å². The van der Waals surface area contributed by atoms with E-state index in [9.17, 15) is 0 Å². The summed E-state index contributed by atoms with van der Waals surface area (Å²) in [6, 6.07) is 9.85. The van der Waals surface area contributed by atoms with Crippen molar-refractivity contribution in [2.75, 3.05) is 0 Å². The van der Waals surface area contributed by atoms with E-state index in [0.29, 0.717) is 0 Å². The van der Waals surface area contributed by atoms with E-state index in [-0.39, 0.29) is 0 Å². The summed E-state index contributed by atoms with van der Waals surface area (Å²) in [5, 5.41) is 3.15. The number of hydrogen-bond acceptors (Lipinski definition) is 0. The molecule has 26 heavy (non-hydrogen) atoms. The topological polar surface area (TPSA) is 0 Å². The van der Waals surface area contributed by atoms with Crippen LogP contribution in [0.5, 0.6) is 0 Å². The van der Waals surface area contributed by atoms with Crippen LogP contribution >= 0.6 is 17.0 Å². The molecule has 0 amide bonds. The molecule has 3 rings (SSSR count). The normalized spacial score (nSPS) is 12.8. The fourth-order valence-electron chi connectivity index (χ4n) is 3.44. The van der Waals surface area contributed by atoms with E-state index in [1.807, 2.05) is 0 Å². The quantitative estimate of drug-likeness (QED) is 0.360. The molecular formula is C21H29Cl2Si2Zr. The molecule has 0 atom stereocenters. The number of hydrogen-bond donors (Lipinski definition) is 0. The van der Waals surface area contributed by atoms with Gasteiger partial charge in [0, 0.05) is 6.42 Å². The molecule has 0 saturated heterocycles. The van der Waals surface area contributed by atoms with Gasteiger partial charge in [-0.05, 0) is 47.2 Å². The van der Waals surface area contributed by atoms with Gasteiger partial charge in [-0.3, -0.25) is 0 Å². The van der Waals surface area contributed by atoms with Crippen LogP contribution in [0.4, 0.5) is 0 Å². The van der Waals surface area contributed by atoms with E-state index in [0.717, 1.165) is 0 Å². The minimum atomic E-state index is -1.30. The van der Waals surface area contributed by atoms with Crippen molar-refractivity contribution in [2.24, 2.45) is 0 Å². The van der Waals surface area contributed by atoms with Gasteiger partial charge in [0.05, 0.1) is 16.1 Å². The Bertz CT molecular complexity index is 751.